The minimum Gasteiger partial charge on any atom is -0.464 e. The number of hydrogen-bond donors (Lipinski definition) is 1. The molecule has 3 aromatic rings. The molecular formula is C17H15Cl2NO. The van der Waals surface area contributed by atoms with Crippen molar-refractivity contribution in [2.24, 2.45) is 0 Å². The van der Waals surface area contributed by atoms with Crippen molar-refractivity contribution in [3.05, 3.63) is 69.9 Å². The number of nitrogens with one attached hydrogen (secondary N) is 1. The molecule has 21 heavy (non-hydrogen) atoms. The maximum Gasteiger partial charge on any atom is 0.134 e. The number of para-hydroxylation sites is 1. The van der Waals surface area contributed by atoms with Crippen molar-refractivity contribution in [1.82, 2.24) is 5.32 Å². The molecule has 1 atom stereocenters. The topological polar surface area (TPSA) is 25.2 Å². The van der Waals surface area contributed by atoms with E-state index < -0.39 is 0 Å². The lowest BCUT2D eigenvalue weighted by molar-refractivity contribution is 0.562. The van der Waals surface area contributed by atoms with Crippen LogP contribution in [0.5, 0.6) is 0 Å². The predicted molar refractivity (Wildman–Crippen MR) is 87.9 cm³/mol. The fourth-order valence-electron chi connectivity index (χ4n) is 2.33. The smallest absolute Gasteiger partial charge is 0.134 e. The number of rotatable bonds is 4. The van der Waals surface area contributed by atoms with Gasteiger partial charge in [-0.3, -0.25) is 0 Å². The van der Waals surface area contributed by atoms with E-state index in [0.717, 1.165) is 28.6 Å². The van der Waals surface area contributed by atoms with Crippen LogP contribution < -0.4 is 5.32 Å². The first-order chi connectivity index (χ1) is 10.1. The Balaban J connectivity index is 1.73. The molecule has 0 spiro atoms. The van der Waals surface area contributed by atoms with Gasteiger partial charge in [0, 0.05) is 23.5 Å². The van der Waals surface area contributed by atoms with E-state index in [1.807, 2.05) is 36.4 Å². The third-order valence-corrected chi connectivity index (χ3v) is 4.34. The van der Waals surface area contributed by atoms with Crippen molar-refractivity contribution in [2.75, 3.05) is 0 Å². The van der Waals surface area contributed by atoms with Gasteiger partial charge in [0.2, 0.25) is 0 Å². The van der Waals surface area contributed by atoms with Gasteiger partial charge in [-0.1, -0.05) is 47.5 Å². The molecule has 0 aliphatic rings. The molecule has 3 rings (SSSR count). The highest BCUT2D eigenvalue weighted by molar-refractivity contribution is 6.42. The minimum absolute atomic E-state index is 0.174. The van der Waals surface area contributed by atoms with Crippen molar-refractivity contribution in [2.45, 2.75) is 19.5 Å². The summed E-state index contributed by atoms with van der Waals surface area (Å²) in [4.78, 5) is 0. The number of furan rings is 1. The average molecular weight is 320 g/mol. The second-order valence-corrected chi connectivity index (χ2v) is 5.85. The largest absolute Gasteiger partial charge is 0.464 e. The molecule has 4 heteroatoms. The molecule has 1 heterocycles. The Morgan fingerprint density at radius 1 is 1.10 bits per heavy atom. The van der Waals surface area contributed by atoms with Gasteiger partial charge in [-0.05, 0) is 30.7 Å². The molecule has 108 valence electrons. The van der Waals surface area contributed by atoms with Crippen LogP contribution in [0.25, 0.3) is 11.0 Å². The van der Waals surface area contributed by atoms with Crippen LogP contribution >= 0.6 is 23.2 Å². The molecule has 1 aromatic heterocycles. The molecule has 1 unspecified atom stereocenters. The van der Waals surface area contributed by atoms with E-state index in [1.165, 1.54) is 0 Å². The zero-order valence-corrected chi connectivity index (χ0v) is 13.1. The Labute approximate surface area is 133 Å². The standard InChI is InChI=1S/C17H15Cl2NO/c1-11(12-6-7-15(18)16(19)8-12)20-9-13-10-21-17-5-3-2-4-14(13)17/h2-8,10-11,20H,9H2,1H3. The minimum atomic E-state index is 0.174. The monoisotopic (exact) mass is 319 g/mol. The van der Waals surface area contributed by atoms with E-state index in [9.17, 15) is 0 Å². The molecule has 0 aliphatic carbocycles. The normalized spacial score (nSPS) is 12.7. The Kier molecular flexibility index (Phi) is 4.20. The zero-order valence-electron chi connectivity index (χ0n) is 11.6. The molecule has 2 aromatic carbocycles. The van der Waals surface area contributed by atoms with Crippen LogP contribution in [0.2, 0.25) is 10.0 Å². The van der Waals surface area contributed by atoms with Gasteiger partial charge in [0.1, 0.15) is 5.58 Å². The average Bonchev–Trinajstić information content (AvgIpc) is 2.91. The Bertz CT molecular complexity index is 766. The molecule has 1 N–H and O–H groups in total. The number of benzene rings is 2. The third-order valence-electron chi connectivity index (χ3n) is 3.60. The second-order valence-electron chi connectivity index (χ2n) is 5.03. The van der Waals surface area contributed by atoms with Gasteiger partial charge in [0.25, 0.3) is 0 Å². The summed E-state index contributed by atoms with van der Waals surface area (Å²) in [5.41, 5.74) is 3.17. The van der Waals surface area contributed by atoms with E-state index >= 15 is 0 Å². The van der Waals surface area contributed by atoms with Crippen molar-refractivity contribution in [3.8, 4) is 0 Å². The Hall–Kier alpha value is -1.48. The maximum atomic E-state index is 6.06. The van der Waals surface area contributed by atoms with Crippen LogP contribution in [0.1, 0.15) is 24.1 Å². The summed E-state index contributed by atoms with van der Waals surface area (Å²) in [6.07, 6.45) is 1.80. The summed E-state index contributed by atoms with van der Waals surface area (Å²) < 4.78 is 5.54. The summed E-state index contributed by atoms with van der Waals surface area (Å²) >= 11 is 12.0. The molecular weight excluding hydrogens is 305 g/mol. The highest BCUT2D eigenvalue weighted by Gasteiger charge is 2.10. The van der Waals surface area contributed by atoms with Crippen LogP contribution in [-0.4, -0.2) is 0 Å². The predicted octanol–water partition coefficient (Wildman–Crippen LogP) is 5.59. The Morgan fingerprint density at radius 3 is 2.71 bits per heavy atom. The van der Waals surface area contributed by atoms with Crippen molar-refractivity contribution in [1.29, 1.82) is 0 Å². The second kappa shape index (κ2) is 6.10. The fraction of sp³-hybridized carbons (Fsp3) is 0.176. The van der Waals surface area contributed by atoms with Gasteiger partial charge in [-0.15, -0.1) is 0 Å². The molecule has 0 saturated heterocycles. The Morgan fingerprint density at radius 2 is 1.90 bits per heavy atom. The number of hydrogen-bond acceptors (Lipinski definition) is 2. The van der Waals surface area contributed by atoms with Gasteiger partial charge in [0.05, 0.1) is 16.3 Å². The van der Waals surface area contributed by atoms with Crippen molar-refractivity contribution < 1.29 is 4.42 Å². The first-order valence-electron chi connectivity index (χ1n) is 6.78. The van der Waals surface area contributed by atoms with Crippen LogP contribution in [0.4, 0.5) is 0 Å². The van der Waals surface area contributed by atoms with Crippen LogP contribution in [0.15, 0.2) is 53.1 Å². The summed E-state index contributed by atoms with van der Waals surface area (Å²) in [5, 5.41) is 5.78. The van der Waals surface area contributed by atoms with Gasteiger partial charge < -0.3 is 9.73 Å². The summed E-state index contributed by atoms with van der Waals surface area (Å²) in [7, 11) is 0. The zero-order chi connectivity index (χ0) is 14.8. The van der Waals surface area contributed by atoms with E-state index in [2.05, 4.69) is 18.3 Å². The molecule has 0 saturated carbocycles. The number of fused-ring (bicyclic) bond motifs is 1. The van der Waals surface area contributed by atoms with Crippen LogP contribution in [-0.2, 0) is 6.54 Å². The van der Waals surface area contributed by atoms with E-state index in [1.54, 1.807) is 6.26 Å². The number of halogens is 2. The van der Waals surface area contributed by atoms with Crippen molar-refractivity contribution >= 4 is 34.2 Å². The van der Waals surface area contributed by atoms with Gasteiger partial charge in [-0.25, -0.2) is 0 Å². The lowest BCUT2D eigenvalue weighted by Crippen LogP contribution is -2.17. The lowest BCUT2D eigenvalue weighted by Gasteiger charge is -2.14. The molecule has 2 nitrogen and oxygen atoms in total. The maximum absolute atomic E-state index is 6.06. The van der Waals surface area contributed by atoms with Gasteiger partial charge >= 0.3 is 0 Å². The highest BCUT2D eigenvalue weighted by atomic mass is 35.5. The summed E-state index contributed by atoms with van der Waals surface area (Å²) in [6, 6.07) is 13.9. The molecule has 0 aliphatic heterocycles. The van der Waals surface area contributed by atoms with Gasteiger partial charge in [0.15, 0.2) is 0 Å². The van der Waals surface area contributed by atoms with E-state index in [-0.39, 0.29) is 6.04 Å². The molecule has 0 radical (unpaired) electrons. The SMILES string of the molecule is CC(NCc1coc2ccccc12)c1ccc(Cl)c(Cl)c1. The third kappa shape index (κ3) is 3.08. The highest BCUT2D eigenvalue weighted by Crippen LogP contribution is 2.26. The van der Waals surface area contributed by atoms with Crippen LogP contribution in [0, 0.1) is 0 Å². The molecule has 0 fully saturated rings. The first kappa shape index (κ1) is 14.5. The summed E-state index contributed by atoms with van der Waals surface area (Å²) in [5.74, 6) is 0. The van der Waals surface area contributed by atoms with E-state index in [4.69, 9.17) is 27.6 Å². The van der Waals surface area contributed by atoms with Crippen molar-refractivity contribution in [3.63, 3.8) is 0 Å². The fourth-order valence-corrected chi connectivity index (χ4v) is 2.64. The van der Waals surface area contributed by atoms with Gasteiger partial charge in [-0.2, -0.15) is 0 Å². The van der Waals surface area contributed by atoms with E-state index in [0.29, 0.717) is 10.0 Å². The first-order valence-corrected chi connectivity index (χ1v) is 7.54. The summed E-state index contributed by atoms with van der Waals surface area (Å²) in [6.45, 7) is 2.83. The lowest BCUT2D eigenvalue weighted by atomic mass is 10.1. The quantitative estimate of drug-likeness (QED) is 0.678. The molecule has 0 bridgehead atoms. The van der Waals surface area contributed by atoms with Crippen LogP contribution in [0.3, 0.4) is 0 Å². The molecule has 0 amide bonds.